The number of sulfonamides is 1. The summed E-state index contributed by atoms with van der Waals surface area (Å²) in [6.07, 6.45) is 2.02. The molecule has 2 aromatic rings. The molecule has 0 bridgehead atoms. The van der Waals surface area contributed by atoms with Crippen LogP contribution in [0.3, 0.4) is 0 Å². The Kier molecular flexibility index (Phi) is 6.27. The van der Waals surface area contributed by atoms with Crippen LogP contribution in [0.25, 0.3) is 0 Å². The Labute approximate surface area is 180 Å². The van der Waals surface area contributed by atoms with Crippen LogP contribution < -0.4 is 9.62 Å². The van der Waals surface area contributed by atoms with Crippen LogP contribution in [0.15, 0.2) is 29.2 Å². The molecule has 30 heavy (non-hydrogen) atoms. The maximum atomic E-state index is 13.2. The van der Waals surface area contributed by atoms with E-state index in [2.05, 4.69) is 18.6 Å². The van der Waals surface area contributed by atoms with Gasteiger partial charge in [-0.25, -0.2) is 8.42 Å². The fourth-order valence-corrected chi connectivity index (χ4v) is 5.71. The summed E-state index contributed by atoms with van der Waals surface area (Å²) in [5.41, 5.74) is 5.90. The lowest BCUT2D eigenvalue weighted by Crippen LogP contribution is -2.36. The van der Waals surface area contributed by atoms with Crippen molar-refractivity contribution in [2.75, 3.05) is 16.2 Å². The van der Waals surface area contributed by atoms with Crippen LogP contribution in [0.2, 0.25) is 0 Å². The number of rotatable bonds is 6. The second kappa shape index (κ2) is 8.42. The molecular weight excluding hydrogens is 396 g/mol. The van der Waals surface area contributed by atoms with Gasteiger partial charge in [-0.05, 0) is 92.5 Å². The van der Waals surface area contributed by atoms with Gasteiger partial charge in [0.15, 0.2) is 0 Å². The molecule has 0 atom stereocenters. The minimum absolute atomic E-state index is 0.137. The number of aryl methyl sites for hydroxylation is 3. The number of anilines is 2. The number of benzene rings is 2. The number of carbonyl (C=O) groups is 1. The highest BCUT2D eigenvalue weighted by molar-refractivity contribution is 7.92. The minimum Gasteiger partial charge on any atom is -0.312 e. The van der Waals surface area contributed by atoms with E-state index in [9.17, 15) is 13.2 Å². The minimum atomic E-state index is -3.72. The summed E-state index contributed by atoms with van der Waals surface area (Å²) >= 11 is 0. The third-order valence-electron chi connectivity index (χ3n) is 6.03. The quantitative estimate of drug-likeness (QED) is 0.700. The lowest BCUT2D eigenvalue weighted by atomic mass is 9.99. The van der Waals surface area contributed by atoms with Crippen LogP contribution in [0.4, 0.5) is 11.4 Å². The maximum absolute atomic E-state index is 13.2. The van der Waals surface area contributed by atoms with Crippen molar-refractivity contribution in [1.29, 1.82) is 0 Å². The lowest BCUT2D eigenvalue weighted by molar-refractivity contribution is -0.118. The van der Waals surface area contributed by atoms with Gasteiger partial charge >= 0.3 is 0 Å². The number of fused-ring (bicyclic) bond motifs is 1. The molecule has 0 spiro atoms. The molecule has 1 aliphatic rings. The molecule has 0 aliphatic carbocycles. The highest BCUT2D eigenvalue weighted by Crippen LogP contribution is 2.33. The zero-order chi connectivity index (χ0) is 22.2. The molecule has 5 nitrogen and oxygen atoms in total. The Morgan fingerprint density at radius 2 is 1.63 bits per heavy atom. The monoisotopic (exact) mass is 428 g/mol. The number of nitrogens with one attached hydrogen (secondary N) is 1. The average Bonchev–Trinajstić information content (AvgIpc) is 2.65. The Bertz CT molecular complexity index is 1060. The molecule has 1 aliphatic heterocycles. The molecule has 162 valence electrons. The van der Waals surface area contributed by atoms with Crippen molar-refractivity contribution >= 4 is 27.3 Å². The summed E-state index contributed by atoms with van der Waals surface area (Å²) in [5.74, 6) is 0.650. The number of hydrogen-bond donors (Lipinski definition) is 1. The molecule has 0 fully saturated rings. The first-order chi connectivity index (χ1) is 14.0. The fraction of sp³-hybridized carbons (Fsp3) is 0.458. The van der Waals surface area contributed by atoms with Crippen molar-refractivity contribution in [3.63, 3.8) is 0 Å². The predicted molar refractivity (Wildman–Crippen MR) is 123 cm³/mol. The predicted octanol–water partition coefficient (Wildman–Crippen LogP) is 5.05. The van der Waals surface area contributed by atoms with E-state index in [1.807, 2.05) is 50.8 Å². The number of carbonyl (C=O) groups excluding carboxylic acids is 1. The van der Waals surface area contributed by atoms with Gasteiger partial charge in [0.2, 0.25) is 5.91 Å². The van der Waals surface area contributed by atoms with Crippen LogP contribution in [-0.2, 0) is 21.2 Å². The topological polar surface area (TPSA) is 66.5 Å². The normalized spacial score (nSPS) is 14.2. The van der Waals surface area contributed by atoms with Gasteiger partial charge in [0.1, 0.15) is 0 Å². The third-order valence-corrected chi connectivity index (χ3v) is 7.68. The summed E-state index contributed by atoms with van der Waals surface area (Å²) in [5, 5.41) is 0. The summed E-state index contributed by atoms with van der Waals surface area (Å²) in [6.45, 7) is 12.5. The molecule has 1 N–H and O–H groups in total. The molecule has 0 saturated carbocycles. The van der Waals surface area contributed by atoms with Crippen LogP contribution in [0, 0.1) is 33.6 Å². The standard InChI is InChI=1S/C24H32N2O3S/c1-15(2)11-12-26-22-9-8-21(14-20(22)7-10-23(26)27)25-30(28,29)24-18(5)16(3)13-17(4)19(24)6/h8-9,13-15,25H,7,10-12H2,1-6H3. The summed E-state index contributed by atoms with van der Waals surface area (Å²) in [6, 6.07) is 7.51. The second-order valence-electron chi connectivity index (χ2n) is 8.77. The van der Waals surface area contributed by atoms with Crippen LogP contribution in [0.5, 0.6) is 0 Å². The first-order valence-electron chi connectivity index (χ1n) is 10.5. The zero-order valence-corrected chi connectivity index (χ0v) is 19.6. The van der Waals surface area contributed by atoms with E-state index >= 15 is 0 Å². The van der Waals surface area contributed by atoms with Gasteiger partial charge in [0.25, 0.3) is 10.0 Å². The first-order valence-corrected chi connectivity index (χ1v) is 12.0. The molecule has 2 aromatic carbocycles. The molecule has 0 unspecified atom stereocenters. The second-order valence-corrected chi connectivity index (χ2v) is 10.4. The van der Waals surface area contributed by atoms with Crippen molar-refractivity contribution in [2.45, 2.75) is 65.7 Å². The van der Waals surface area contributed by atoms with Crippen molar-refractivity contribution in [3.05, 3.63) is 52.1 Å². The summed E-state index contributed by atoms with van der Waals surface area (Å²) in [4.78, 5) is 14.6. The SMILES string of the molecule is Cc1cc(C)c(C)c(S(=O)(=O)Nc2ccc3c(c2)CCC(=O)N3CCC(C)C)c1C. The smallest absolute Gasteiger partial charge is 0.262 e. The highest BCUT2D eigenvalue weighted by atomic mass is 32.2. The number of nitrogens with zero attached hydrogens (tertiary/aromatic N) is 1. The van der Waals surface area contributed by atoms with Crippen LogP contribution in [0.1, 0.15) is 54.5 Å². The van der Waals surface area contributed by atoms with E-state index in [1.54, 1.807) is 6.07 Å². The van der Waals surface area contributed by atoms with Crippen molar-refractivity contribution < 1.29 is 13.2 Å². The van der Waals surface area contributed by atoms with E-state index < -0.39 is 10.0 Å². The molecule has 0 aromatic heterocycles. The Hall–Kier alpha value is -2.34. The number of amides is 1. The Morgan fingerprint density at radius 1 is 1.00 bits per heavy atom. The van der Waals surface area contributed by atoms with E-state index in [0.717, 1.165) is 39.9 Å². The van der Waals surface area contributed by atoms with Crippen molar-refractivity contribution in [2.24, 2.45) is 5.92 Å². The van der Waals surface area contributed by atoms with Gasteiger partial charge in [-0.3, -0.25) is 9.52 Å². The van der Waals surface area contributed by atoms with Gasteiger partial charge in [-0.2, -0.15) is 0 Å². The maximum Gasteiger partial charge on any atom is 0.262 e. The molecule has 0 radical (unpaired) electrons. The molecular formula is C24H32N2O3S. The first kappa shape index (κ1) is 22.3. The average molecular weight is 429 g/mol. The van der Waals surface area contributed by atoms with E-state index in [1.165, 1.54) is 0 Å². The van der Waals surface area contributed by atoms with E-state index in [4.69, 9.17) is 0 Å². The van der Waals surface area contributed by atoms with Gasteiger partial charge < -0.3 is 4.90 Å². The third kappa shape index (κ3) is 4.38. The highest BCUT2D eigenvalue weighted by Gasteiger charge is 2.26. The summed E-state index contributed by atoms with van der Waals surface area (Å²) in [7, 11) is -3.72. The van der Waals surface area contributed by atoms with Crippen molar-refractivity contribution in [1.82, 2.24) is 0 Å². The van der Waals surface area contributed by atoms with E-state index in [0.29, 0.717) is 35.9 Å². The van der Waals surface area contributed by atoms with Gasteiger partial charge in [0, 0.05) is 24.3 Å². The van der Waals surface area contributed by atoms with Gasteiger partial charge in [-0.1, -0.05) is 19.9 Å². The van der Waals surface area contributed by atoms with Gasteiger partial charge in [0.05, 0.1) is 4.90 Å². The molecule has 0 saturated heterocycles. The Balaban J connectivity index is 1.93. The molecule has 1 heterocycles. The molecule has 1 amide bonds. The fourth-order valence-electron chi connectivity index (χ4n) is 4.05. The van der Waals surface area contributed by atoms with Gasteiger partial charge in [-0.15, -0.1) is 0 Å². The Morgan fingerprint density at radius 3 is 2.23 bits per heavy atom. The number of hydrogen-bond acceptors (Lipinski definition) is 3. The molecule has 6 heteroatoms. The largest absolute Gasteiger partial charge is 0.312 e. The zero-order valence-electron chi connectivity index (χ0n) is 18.8. The lowest BCUT2D eigenvalue weighted by Gasteiger charge is -2.30. The van der Waals surface area contributed by atoms with Crippen LogP contribution in [-0.4, -0.2) is 20.9 Å². The molecule has 3 rings (SSSR count). The van der Waals surface area contributed by atoms with E-state index in [-0.39, 0.29) is 5.91 Å². The van der Waals surface area contributed by atoms with Crippen LogP contribution >= 0.6 is 0 Å². The van der Waals surface area contributed by atoms with Crippen molar-refractivity contribution in [3.8, 4) is 0 Å². The summed E-state index contributed by atoms with van der Waals surface area (Å²) < 4.78 is 29.2.